The molecule has 44 heavy (non-hydrogen) atoms. The molecule has 0 saturated carbocycles. The van der Waals surface area contributed by atoms with Crippen molar-refractivity contribution in [3.8, 4) is 23.0 Å². The zero-order valence-electron chi connectivity index (χ0n) is 23.6. The SMILES string of the molecule is CC1(C)CN(c2ccccc2NC(=O)Nc2ccc(OC(F)(F)F)cc2)c2c(O)ccc(-c3nc4c(CO)cccc4o3)c21. The second-order valence-electron chi connectivity index (χ2n) is 10.9. The van der Waals surface area contributed by atoms with Crippen LogP contribution in [0.25, 0.3) is 22.6 Å². The largest absolute Gasteiger partial charge is 0.573 e. The van der Waals surface area contributed by atoms with Gasteiger partial charge < -0.3 is 34.9 Å². The van der Waals surface area contributed by atoms with Crippen molar-refractivity contribution in [1.82, 2.24) is 4.98 Å². The third-order valence-electron chi connectivity index (χ3n) is 7.35. The average molecular weight is 605 g/mol. The summed E-state index contributed by atoms with van der Waals surface area (Å²) >= 11 is 0. The summed E-state index contributed by atoms with van der Waals surface area (Å²) in [6.07, 6.45) is -4.82. The molecule has 6 rings (SSSR count). The van der Waals surface area contributed by atoms with Crippen LogP contribution in [0.15, 0.2) is 83.3 Å². The number of nitrogens with zero attached hydrogens (tertiary/aromatic N) is 2. The molecule has 1 aromatic heterocycles. The first-order valence-corrected chi connectivity index (χ1v) is 13.6. The number of hydrogen-bond acceptors (Lipinski definition) is 7. The summed E-state index contributed by atoms with van der Waals surface area (Å²) < 4.78 is 47.4. The Morgan fingerprint density at radius 1 is 1.02 bits per heavy atom. The number of benzene rings is 4. The maximum absolute atomic E-state index is 12.9. The van der Waals surface area contributed by atoms with Crippen molar-refractivity contribution in [2.45, 2.75) is 32.2 Å². The molecule has 12 heteroatoms. The van der Waals surface area contributed by atoms with Crippen LogP contribution in [0.3, 0.4) is 0 Å². The van der Waals surface area contributed by atoms with Gasteiger partial charge in [-0.15, -0.1) is 13.2 Å². The van der Waals surface area contributed by atoms with Gasteiger partial charge in [-0.3, -0.25) is 0 Å². The number of halogens is 3. The number of anilines is 4. The fraction of sp³-hybridized carbons (Fsp3) is 0.188. The highest BCUT2D eigenvalue weighted by Gasteiger charge is 2.41. The minimum absolute atomic E-state index is 0.0295. The Bertz CT molecular complexity index is 1870. The maximum atomic E-state index is 12.9. The Labute approximate surface area is 249 Å². The fourth-order valence-corrected chi connectivity index (χ4v) is 5.56. The summed E-state index contributed by atoms with van der Waals surface area (Å²) in [6.45, 7) is 4.32. The number of aliphatic hydroxyl groups excluding tert-OH is 1. The minimum Gasteiger partial charge on any atom is -0.506 e. The molecule has 4 aromatic carbocycles. The van der Waals surface area contributed by atoms with Gasteiger partial charge >= 0.3 is 12.4 Å². The number of hydrogen-bond donors (Lipinski definition) is 4. The molecule has 0 atom stereocenters. The molecular formula is C32H27F3N4O5. The van der Waals surface area contributed by atoms with Crippen molar-refractivity contribution in [1.29, 1.82) is 0 Å². The molecule has 4 N–H and O–H groups in total. The Hall–Kier alpha value is -5.23. The van der Waals surface area contributed by atoms with Crippen molar-refractivity contribution >= 4 is 39.9 Å². The standard InChI is InChI=1S/C32H27F3N4O5/c1-31(2)17-39(28-24(41)15-14-21(26(28)31)29-38-27-18(16-40)6-5-9-25(27)43-29)23-8-4-3-7-22(23)37-30(42)36-19-10-12-20(13-11-19)44-32(33,34)35/h3-15,40-41H,16-17H2,1-2H3,(H2,36,37,42). The van der Waals surface area contributed by atoms with Gasteiger partial charge in [0.15, 0.2) is 5.58 Å². The maximum Gasteiger partial charge on any atom is 0.573 e. The van der Waals surface area contributed by atoms with E-state index in [1.807, 2.05) is 24.8 Å². The summed E-state index contributed by atoms with van der Waals surface area (Å²) in [4.78, 5) is 19.5. The first-order valence-electron chi connectivity index (χ1n) is 13.6. The van der Waals surface area contributed by atoms with Crippen LogP contribution in [0.4, 0.5) is 40.7 Å². The number of carbonyl (C=O) groups is 1. The number of phenols is 1. The Morgan fingerprint density at radius 2 is 1.77 bits per heavy atom. The first-order chi connectivity index (χ1) is 20.9. The zero-order chi connectivity index (χ0) is 31.2. The summed E-state index contributed by atoms with van der Waals surface area (Å²) in [6, 6.07) is 19.9. The van der Waals surface area contributed by atoms with Crippen LogP contribution in [0, 0.1) is 0 Å². The molecule has 2 amide bonds. The molecule has 0 spiro atoms. The van der Waals surface area contributed by atoms with Gasteiger partial charge in [0, 0.05) is 28.8 Å². The number of para-hydroxylation sites is 3. The highest BCUT2D eigenvalue weighted by molar-refractivity contribution is 6.03. The number of carbonyl (C=O) groups excluding carboxylic acids is 1. The van der Waals surface area contributed by atoms with Crippen molar-refractivity contribution in [3.63, 3.8) is 0 Å². The Balaban J connectivity index is 1.32. The predicted octanol–water partition coefficient (Wildman–Crippen LogP) is 7.66. The van der Waals surface area contributed by atoms with Crippen LogP contribution in [-0.4, -0.2) is 34.1 Å². The number of ether oxygens (including phenoxy) is 1. The van der Waals surface area contributed by atoms with E-state index < -0.39 is 23.6 Å². The average Bonchev–Trinajstić information content (AvgIpc) is 3.53. The van der Waals surface area contributed by atoms with Crippen molar-refractivity contribution in [3.05, 3.63) is 90.0 Å². The van der Waals surface area contributed by atoms with Crippen LogP contribution in [0.2, 0.25) is 0 Å². The summed E-state index contributed by atoms with van der Waals surface area (Å²) in [5, 5.41) is 26.3. The number of nitrogens with one attached hydrogen (secondary N) is 2. The molecule has 0 bridgehead atoms. The molecular weight excluding hydrogens is 577 g/mol. The number of phenolic OH excluding ortho intramolecular Hbond substituents is 1. The third-order valence-corrected chi connectivity index (χ3v) is 7.35. The number of alkyl halides is 3. The topological polar surface area (TPSA) is 120 Å². The van der Waals surface area contributed by atoms with E-state index in [1.165, 1.54) is 12.1 Å². The fourth-order valence-electron chi connectivity index (χ4n) is 5.56. The molecule has 1 aliphatic rings. The van der Waals surface area contributed by atoms with Crippen LogP contribution in [0.5, 0.6) is 11.5 Å². The third kappa shape index (κ3) is 5.47. The van der Waals surface area contributed by atoms with Crippen LogP contribution >= 0.6 is 0 Å². The zero-order valence-corrected chi connectivity index (χ0v) is 23.6. The second kappa shape index (κ2) is 10.8. The molecule has 0 saturated heterocycles. The number of aromatic nitrogens is 1. The van der Waals surface area contributed by atoms with E-state index in [-0.39, 0.29) is 18.0 Å². The number of amides is 2. The number of aromatic hydroxyl groups is 1. The smallest absolute Gasteiger partial charge is 0.506 e. The van der Waals surface area contributed by atoms with Gasteiger partial charge in [0.1, 0.15) is 17.0 Å². The van der Waals surface area contributed by atoms with Gasteiger partial charge in [-0.1, -0.05) is 38.1 Å². The number of oxazole rings is 1. The van der Waals surface area contributed by atoms with Crippen molar-refractivity contribution in [2.75, 3.05) is 22.1 Å². The molecule has 0 aliphatic carbocycles. The van der Waals surface area contributed by atoms with Crippen molar-refractivity contribution in [2.24, 2.45) is 0 Å². The van der Waals surface area contributed by atoms with Crippen LogP contribution < -0.4 is 20.3 Å². The number of aliphatic hydroxyl groups is 1. The minimum atomic E-state index is -4.82. The van der Waals surface area contributed by atoms with E-state index in [2.05, 4.69) is 20.4 Å². The van der Waals surface area contributed by atoms with Gasteiger partial charge in [-0.25, -0.2) is 9.78 Å². The predicted molar refractivity (Wildman–Crippen MR) is 159 cm³/mol. The first kappa shape index (κ1) is 28.9. The lowest BCUT2D eigenvalue weighted by atomic mass is 9.83. The van der Waals surface area contributed by atoms with Crippen LogP contribution in [-0.2, 0) is 12.0 Å². The summed E-state index contributed by atoms with van der Waals surface area (Å²) in [5.41, 5.74) is 4.55. The van der Waals surface area contributed by atoms with E-state index in [1.54, 1.807) is 48.5 Å². The monoisotopic (exact) mass is 604 g/mol. The van der Waals surface area contributed by atoms with Gasteiger partial charge in [-0.2, -0.15) is 0 Å². The van der Waals surface area contributed by atoms with Gasteiger partial charge in [0.05, 0.1) is 23.7 Å². The Morgan fingerprint density at radius 3 is 2.50 bits per heavy atom. The van der Waals surface area contributed by atoms with E-state index in [0.29, 0.717) is 51.7 Å². The van der Waals surface area contributed by atoms with E-state index >= 15 is 0 Å². The number of urea groups is 1. The molecule has 226 valence electrons. The summed E-state index contributed by atoms with van der Waals surface area (Å²) in [5.74, 6) is -0.0265. The second-order valence-corrected chi connectivity index (χ2v) is 10.9. The van der Waals surface area contributed by atoms with E-state index in [0.717, 1.165) is 17.7 Å². The van der Waals surface area contributed by atoms with Gasteiger partial charge in [-0.05, 0) is 60.2 Å². The Kier molecular flexibility index (Phi) is 7.08. The summed E-state index contributed by atoms with van der Waals surface area (Å²) in [7, 11) is 0. The molecule has 1 aliphatic heterocycles. The molecule has 5 aromatic rings. The highest BCUT2D eigenvalue weighted by Crippen LogP contribution is 2.53. The lowest BCUT2D eigenvalue weighted by Gasteiger charge is -2.25. The molecule has 2 heterocycles. The van der Waals surface area contributed by atoms with Gasteiger partial charge in [0.2, 0.25) is 5.89 Å². The van der Waals surface area contributed by atoms with Gasteiger partial charge in [0.25, 0.3) is 0 Å². The lowest BCUT2D eigenvalue weighted by Crippen LogP contribution is -2.27. The van der Waals surface area contributed by atoms with Crippen molar-refractivity contribution < 1.29 is 37.3 Å². The number of fused-ring (bicyclic) bond motifs is 2. The van der Waals surface area contributed by atoms with E-state index in [9.17, 15) is 28.2 Å². The van der Waals surface area contributed by atoms with E-state index in [4.69, 9.17) is 4.42 Å². The molecule has 0 radical (unpaired) electrons. The highest BCUT2D eigenvalue weighted by atomic mass is 19.4. The molecule has 0 fully saturated rings. The van der Waals surface area contributed by atoms with Crippen LogP contribution in [0.1, 0.15) is 25.0 Å². The molecule has 0 unspecified atom stereocenters. The number of rotatable bonds is 6. The normalized spacial score (nSPS) is 14.0. The molecule has 9 nitrogen and oxygen atoms in total. The lowest BCUT2D eigenvalue weighted by molar-refractivity contribution is -0.274. The quantitative estimate of drug-likeness (QED) is 0.157.